The van der Waals surface area contributed by atoms with Gasteiger partial charge in [-0.1, -0.05) is 12.1 Å². The molecule has 0 amide bonds. The molecule has 2 heterocycles. The molecule has 0 spiro atoms. The van der Waals surface area contributed by atoms with E-state index in [4.69, 9.17) is 0 Å². The summed E-state index contributed by atoms with van der Waals surface area (Å²) in [5, 5.41) is 0. The summed E-state index contributed by atoms with van der Waals surface area (Å²) in [5.41, 5.74) is 0.384. The molecule has 1 aromatic carbocycles. The third-order valence-electron chi connectivity index (χ3n) is 2.86. The van der Waals surface area contributed by atoms with Crippen LogP contribution in [0.25, 0.3) is 17.0 Å². The number of aromatic nitrogens is 4. The summed E-state index contributed by atoms with van der Waals surface area (Å²) in [4.78, 5) is 11.8. The molecule has 7 heteroatoms. The van der Waals surface area contributed by atoms with Crippen molar-refractivity contribution in [1.29, 1.82) is 0 Å². The smallest absolute Gasteiger partial charge is 0.264 e. The Labute approximate surface area is 111 Å². The Morgan fingerprint density at radius 1 is 1.05 bits per heavy atom. The molecule has 0 atom stereocenters. The number of fused-ring (bicyclic) bond motifs is 1. The highest BCUT2D eigenvalue weighted by Crippen LogP contribution is 2.28. The van der Waals surface area contributed by atoms with E-state index in [9.17, 15) is 13.2 Å². The molecule has 3 rings (SSSR count). The molecular weight excluding hydrogens is 269 g/mol. The van der Waals surface area contributed by atoms with Crippen LogP contribution in [0.3, 0.4) is 0 Å². The van der Waals surface area contributed by atoms with E-state index in [0.717, 1.165) is 12.3 Å². The molecule has 0 aliphatic heterocycles. The number of aryl methyl sites for hydroxylation is 1. The Hall–Kier alpha value is -2.44. The van der Waals surface area contributed by atoms with E-state index in [1.165, 1.54) is 4.57 Å². The first-order valence-electron chi connectivity index (χ1n) is 5.81. The first kappa shape index (κ1) is 12.6. The van der Waals surface area contributed by atoms with Crippen LogP contribution < -0.4 is 0 Å². The van der Waals surface area contributed by atoms with Gasteiger partial charge in [0.15, 0.2) is 0 Å². The topological polar surface area (TPSA) is 43.6 Å². The fraction of sp³-hybridized carbons (Fsp3) is 0.154. The minimum Gasteiger partial charge on any atom is -0.264 e. The molecule has 0 saturated heterocycles. The van der Waals surface area contributed by atoms with Crippen LogP contribution in [0.15, 0.2) is 36.5 Å². The van der Waals surface area contributed by atoms with E-state index in [-0.39, 0.29) is 5.95 Å². The average Bonchev–Trinajstić information content (AvgIpc) is 2.73. The zero-order chi connectivity index (χ0) is 14.3. The third-order valence-corrected chi connectivity index (χ3v) is 2.86. The predicted molar refractivity (Wildman–Crippen MR) is 66.4 cm³/mol. The summed E-state index contributed by atoms with van der Waals surface area (Å²) in [5.74, 6) is 0.497. The van der Waals surface area contributed by atoms with Crippen LogP contribution in [0, 0.1) is 6.92 Å². The monoisotopic (exact) mass is 278 g/mol. The number of nitrogens with zero attached hydrogens (tertiary/aromatic N) is 4. The second kappa shape index (κ2) is 4.29. The van der Waals surface area contributed by atoms with Crippen LogP contribution in [0.1, 0.15) is 11.5 Å². The standard InChI is InChI=1S/C13H9F3N4/c1-8-18-9-4-2-3-5-10(9)20(8)12-17-7-6-11(19-12)13(14,15)16/h2-7H,1H3. The molecule has 0 radical (unpaired) electrons. The Morgan fingerprint density at radius 2 is 1.80 bits per heavy atom. The van der Waals surface area contributed by atoms with Crippen molar-refractivity contribution in [2.24, 2.45) is 0 Å². The number of hydrogen-bond donors (Lipinski definition) is 0. The molecular formula is C13H9F3N4. The Bertz CT molecular complexity index is 777. The van der Waals surface area contributed by atoms with Crippen LogP contribution in [0.4, 0.5) is 13.2 Å². The lowest BCUT2D eigenvalue weighted by molar-refractivity contribution is -0.141. The minimum atomic E-state index is -4.50. The number of para-hydroxylation sites is 2. The fourth-order valence-corrected chi connectivity index (χ4v) is 2.01. The van der Waals surface area contributed by atoms with Gasteiger partial charge in [-0.25, -0.2) is 15.0 Å². The zero-order valence-corrected chi connectivity index (χ0v) is 10.4. The Balaban J connectivity index is 2.24. The maximum Gasteiger partial charge on any atom is 0.433 e. The number of imidazole rings is 1. The molecule has 0 bridgehead atoms. The number of benzene rings is 1. The molecule has 20 heavy (non-hydrogen) atoms. The van der Waals surface area contributed by atoms with E-state index < -0.39 is 11.9 Å². The van der Waals surface area contributed by atoms with Gasteiger partial charge in [-0.2, -0.15) is 13.2 Å². The molecule has 4 nitrogen and oxygen atoms in total. The summed E-state index contributed by atoms with van der Waals surface area (Å²) in [6, 6.07) is 7.99. The van der Waals surface area contributed by atoms with Gasteiger partial charge in [-0.3, -0.25) is 4.57 Å². The van der Waals surface area contributed by atoms with Crippen molar-refractivity contribution in [2.45, 2.75) is 13.1 Å². The summed E-state index contributed by atoms with van der Waals surface area (Å²) >= 11 is 0. The van der Waals surface area contributed by atoms with Gasteiger partial charge in [0.05, 0.1) is 11.0 Å². The lowest BCUT2D eigenvalue weighted by Gasteiger charge is -2.08. The second-order valence-corrected chi connectivity index (χ2v) is 4.22. The van der Waals surface area contributed by atoms with Gasteiger partial charge in [0, 0.05) is 6.20 Å². The van der Waals surface area contributed by atoms with Crippen molar-refractivity contribution in [2.75, 3.05) is 0 Å². The molecule has 0 aliphatic rings. The van der Waals surface area contributed by atoms with E-state index in [1.807, 2.05) is 6.07 Å². The maximum atomic E-state index is 12.7. The lowest BCUT2D eigenvalue weighted by atomic mass is 10.3. The van der Waals surface area contributed by atoms with E-state index in [1.54, 1.807) is 25.1 Å². The van der Waals surface area contributed by atoms with Crippen LogP contribution in [-0.2, 0) is 6.18 Å². The highest BCUT2D eigenvalue weighted by atomic mass is 19.4. The van der Waals surface area contributed by atoms with Crippen molar-refractivity contribution in [3.63, 3.8) is 0 Å². The molecule has 0 saturated carbocycles. The summed E-state index contributed by atoms with van der Waals surface area (Å²) < 4.78 is 39.6. The quantitative estimate of drug-likeness (QED) is 0.686. The molecule has 102 valence electrons. The van der Waals surface area contributed by atoms with Gasteiger partial charge >= 0.3 is 6.18 Å². The molecule has 0 aliphatic carbocycles. The van der Waals surface area contributed by atoms with Gasteiger partial charge in [0.1, 0.15) is 11.5 Å². The number of rotatable bonds is 1. The summed E-state index contributed by atoms with van der Waals surface area (Å²) in [6.45, 7) is 1.70. The Morgan fingerprint density at radius 3 is 2.55 bits per heavy atom. The normalized spacial score (nSPS) is 12.0. The van der Waals surface area contributed by atoms with Gasteiger partial charge in [-0.15, -0.1) is 0 Å². The average molecular weight is 278 g/mol. The SMILES string of the molecule is Cc1nc2ccccc2n1-c1nccc(C(F)(F)F)n1. The van der Waals surface area contributed by atoms with Crippen LogP contribution in [0.2, 0.25) is 0 Å². The van der Waals surface area contributed by atoms with Gasteiger partial charge < -0.3 is 0 Å². The van der Waals surface area contributed by atoms with E-state index in [2.05, 4.69) is 15.0 Å². The summed E-state index contributed by atoms with van der Waals surface area (Å²) in [6.07, 6.45) is -3.40. The van der Waals surface area contributed by atoms with Crippen molar-refractivity contribution in [3.8, 4) is 5.95 Å². The van der Waals surface area contributed by atoms with Gasteiger partial charge in [0.25, 0.3) is 0 Å². The maximum absolute atomic E-state index is 12.7. The molecule has 2 aromatic heterocycles. The highest BCUT2D eigenvalue weighted by Gasteiger charge is 2.33. The Kier molecular flexibility index (Phi) is 2.70. The molecule has 0 fully saturated rings. The molecule has 0 N–H and O–H groups in total. The predicted octanol–water partition coefficient (Wildman–Crippen LogP) is 3.14. The fourth-order valence-electron chi connectivity index (χ4n) is 2.01. The van der Waals surface area contributed by atoms with Gasteiger partial charge in [-0.05, 0) is 25.1 Å². The largest absolute Gasteiger partial charge is 0.433 e. The number of alkyl halides is 3. The zero-order valence-electron chi connectivity index (χ0n) is 10.4. The molecule has 3 aromatic rings. The van der Waals surface area contributed by atoms with E-state index in [0.29, 0.717) is 16.9 Å². The first-order chi connectivity index (χ1) is 9.47. The van der Waals surface area contributed by atoms with Crippen LogP contribution in [-0.4, -0.2) is 19.5 Å². The van der Waals surface area contributed by atoms with Gasteiger partial charge in [0.2, 0.25) is 5.95 Å². The highest BCUT2D eigenvalue weighted by molar-refractivity contribution is 5.77. The second-order valence-electron chi connectivity index (χ2n) is 4.22. The molecule has 0 unspecified atom stereocenters. The van der Waals surface area contributed by atoms with E-state index >= 15 is 0 Å². The third kappa shape index (κ3) is 2.01. The number of hydrogen-bond acceptors (Lipinski definition) is 3. The lowest BCUT2D eigenvalue weighted by Crippen LogP contribution is -2.12. The first-order valence-corrected chi connectivity index (χ1v) is 5.81. The van der Waals surface area contributed by atoms with Crippen molar-refractivity contribution in [3.05, 3.63) is 48.0 Å². The van der Waals surface area contributed by atoms with Crippen LogP contribution >= 0.6 is 0 Å². The minimum absolute atomic E-state index is 0.0361. The van der Waals surface area contributed by atoms with Crippen molar-refractivity contribution in [1.82, 2.24) is 19.5 Å². The van der Waals surface area contributed by atoms with Crippen molar-refractivity contribution >= 4 is 11.0 Å². The van der Waals surface area contributed by atoms with Crippen molar-refractivity contribution < 1.29 is 13.2 Å². The summed E-state index contributed by atoms with van der Waals surface area (Å²) in [7, 11) is 0. The van der Waals surface area contributed by atoms with Crippen LogP contribution in [0.5, 0.6) is 0 Å². The number of halogens is 3.